The lowest BCUT2D eigenvalue weighted by atomic mass is 9.96. The van der Waals surface area contributed by atoms with Crippen LogP contribution in [0, 0.1) is 0 Å². The topological polar surface area (TPSA) is 50.7 Å². The molecule has 1 aromatic carbocycles. The lowest BCUT2D eigenvalue weighted by Gasteiger charge is -2.16. The van der Waals surface area contributed by atoms with Gasteiger partial charge in [-0.2, -0.15) is 0 Å². The number of hydrogen-bond acceptors (Lipinski definition) is 4. The van der Waals surface area contributed by atoms with Crippen molar-refractivity contribution in [3.05, 3.63) is 17.7 Å². The van der Waals surface area contributed by atoms with Crippen molar-refractivity contribution >= 4 is 0 Å². The number of nitrogens with one attached hydrogen (secondary N) is 1. The molecule has 16 heavy (non-hydrogen) atoms. The van der Waals surface area contributed by atoms with E-state index in [0.717, 1.165) is 25.1 Å². The van der Waals surface area contributed by atoms with Gasteiger partial charge in [-0.25, -0.2) is 0 Å². The number of phenols is 1. The summed E-state index contributed by atoms with van der Waals surface area (Å²) in [4.78, 5) is 0. The fraction of sp³-hybridized carbons (Fsp3) is 0.500. The second kappa shape index (κ2) is 4.61. The third-order valence-corrected chi connectivity index (χ3v) is 3.02. The van der Waals surface area contributed by atoms with Crippen molar-refractivity contribution in [2.45, 2.75) is 12.3 Å². The van der Waals surface area contributed by atoms with Crippen molar-refractivity contribution in [1.82, 2.24) is 5.32 Å². The first-order valence-electron chi connectivity index (χ1n) is 5.42. The van der Waals surface area contributed by atoms with Crippen LogP contribution in [0.4, 0.5) is 0 Å². The molecule has 1 aliphatic rings. The van der Waals surface area contributed by atoms with Crippen LogP contribution in [0.2, 0.25) is 0 Å². The molecule has 1 aromatic rings. The maximum absolute atomic E-state index is 10.0. The molecule has 0 aromatic heterocycles. The SMILES string of the molecule is COc1cc(O)c(C2CCNC2)c(OC)c1. The molecule has 4 nitrogen and oxygen atoms in total. The van der Waals surface area contributed by atoms with Gasteiger partial charge >= 0.3 is 0 Å². The minimum Gasteiger partial charge on any atom is -0.507 e. The van der Waals surface area contributed by atoms with Gasteiger partial charge in [0.25, 0.3) is 0 Å². The first-order chi connectivity index (χ1) is 7.76. The third kappa shape index (κ3) is 1.93. The van der Waals surface area contributed by atoms with Crippen LogP contribution in [0.1, 0.15) is 17.9 Å². The van der Waals surface area contributed by atoms with Crippen molar-refractivity contribution in [1.29, 1.82) is 0 Å². The standard InChI is InChI=1S/C12H17NO3/c1-15-9-5-10(14)12(11(6-9)16-2)8-3-4-13-7-8/h5-6,8,13-14H,3-4,7H2,1-2H3. The minimum absolute atomic E-state index is 0.255. The summed E-state index contributed by atoms with van der Waals surface area (Å²) < 4.78 is 10.4. The molecule has 1 aliphatic heterocycles. The predicted molar refractivity (Wildman–Crippen MR) is 61.4 cm³/mol. The number of hydrogen-bond donors (Lipinski definition) is 2. The maximum atomic E-state index is 10.0. The summed E-state index contributed by atoms with van der Waals surface area (Å²) in [6.07, 6.45) is 1.02. The molecule has 0 bridgehead atoms. The number of phenolic OH excluding ortho intramolecular Hbond substituents is 1. The highest BCUT2D eigenvalue weighted by molar-refractivity contribution is 5.52. The van der Waals surface area contributed by atoms with Crippen LogP contribution in [-0.2, 0) is 0 Å². The zero-order valence-corrected chi connectivity index (χ0v) is 9.62. The third-order valence-electron chi connectivity index (χ3n) is 3.02. The van der Waals surface area contributed by atoms with Crippen LogP contribution in [0.15, 0.2) is 12.1 Å². The van der Waals surface area contributed by atoms with E-state index in [9.17, 15) is 5.11 Å². The van der Waals surface area contributed by atoms with Crippen LogP contribution in [0.3, 0.4) is 0 Å². The van der Waals surface area contributed by atoms with Crippen LogP contribution in [0.5, 0.6) is 17.2 Å². The number of ether oxygens (including phenoxy) is 2. The Morgan fingerprint density at radius 1 is 1.31 bits per heavy atom. The number of benzene rings is 1. The summed E-state index contributed by atoms with van der Waals surface area (Å²) >= 11 is 0. The molecule has 2 N–H and O–H groups in total. The average Bonchev–Trinajstić information content (AvgIpc) is 2.81. The van der Waals surface area contributed by atoms with Crippen LogP contribution >= 0.6 is 0 Å². The summed E-state index contributed by atoms with van der Waals surface area (Å²) in [5, 5.41) is 13.3. The highest BCUT2D eigenvalue weighted by Crippen LogP contribution is 2.40. The largest absolute Gasteiger partial charge is 0.507 e. The second-order valence-corrected chi connectivity index (χ2v) is 3.95. The van der Waals surface area contributed by atoms with Gasteiger partial charge in [-0.3, -0.25) is 0 Å². The molecule has 1 unspecified atom stereocenters. The van der Waals surface area contributed by atoms with E-state index < -0.39 is 0 Å². The first-order valence-corrected chi connectivity index (χ1v) is 5.42. The molecule has 1 saturated heterocycles. The molecule has 0 amide bonds. The van der Waals surface area contributed by atoms with Crippen molar-refractivity contribution in [3.63, 3.8) is 0 Å². The van der Waals surface area contributed by atoms with Crippen LogP contribution in [0.25, 0.3) is 0 Å². The Morgan fingerprint density at radius 2 is 2.12 bits per heavy atom. The minimum atomic E-state index is 0.255. The van der Waals surface area contributed by atoms with E-state index in [0.29, 0.717) is 17.4 Å². The van der Waals surface area contributed by atoms with E-state index in [2.05, 4.69) is 5.32 Å². The molecule has 0 spiro atoms. The van der Waals surface area contributed by atoms with Crippen LogP contribution < -0.4 is 14.8 Å². The molecule has 1 atom stereocenters. The number of rotatable bonds is 3. The van der Waals surface area contributed by atoms with E-state index >= 15 is 0 Å². The van der Waals surface area contributed by atoms with E-state index in [1.807, 2.05) is 6.07 Å². The van der Waals surface area contributed by atoms with Crippen molar-refractivity contribution < 1.29 is 14.6 Å². The molecule has 0 radical (unpaired) electrons. The lowest BCUT2D eigenvalue weighted by molar-refractivity contribution is 0.376. The highest BCUT2D eigenvalue weighted by atomic mass is 16.5. The fourth-order valence-corrected chi connectivity index (χ4v) is 2.19. The Hall–Kier alpha value is -1.42. The van der Waals surface area contributed by atoms with Crippen molar-refractivity contribution in [3.8, 4) is 17.2 Å². The molecule has 0 aliphatic carbocycles. The maximum Gasteiger partial charge on any atom is 0.129 e. The number of methoxy groups -OCH3 is 2. The van der Waals surface area contributed by atoms with Gasteiger partial charge in [-0.1, -0.05) is 0 Å². The summed E-state index contributed by atoms with van der Waals surface area (Å²) in [7, 11) is 3.19. The molecule has 2 rings (SSSR count). The Morgan fingerprint density at radius 3 is 2.69 bits per heavy atom. The molecule has 1 heterocycles. The smallest absolute Gasteiger partial charge is 0.129 e. The Labute approximate surface area is 95.2 Å². The molecular formula is C12H17NO3. The van der Waals surface area contributed by atoms with Gasteiger partial charge in [0.2, 0.25) is 0 Å². The van der Waals surface area contributed by atoms with E-state index in [4.69, 9.17) is 9.47 Å². The number of aromatic hydroxyl groups is 1. The van der Waals surface area contributed by atoms with Crippen molar-refractivity contribution in [2.75, 3.05) is 27.3 Å². The molecule has 0 saturated carbocycles. The van der Waals surface area contributed by atoms with Crippen molar-refractivity contribution in [2.24, 2.45) is 0 Å². The summed E-state index contributed by atoms with van der Waals surface area (Å²) in [6.45, 7) is 1.87. The Kier molecular flexibility index (Phi) is 3.19. The fourth-order valence-electron chi connectivity index (χ4n) is 2.19. The Balaban J connectivity index is 2.41. The quantitative estimate of drug-likeness (QED) is 0.815. The van der Waals surface area contributed by atoms with E-state index in [1.54, 1.807) is 20.3 Å². The normalized spacial score (nSPS) is 19.8. The zero-order valence-electron chi connectivity index (χ0n) is 9.62. The lowest BCUT2D eigenvalue weighted by Crippen LogP contribution is -2.09. The molecule has 4 heteroatoms. The zero-order chi connectivity index (χ0) is 11.5. The van der Waals surface area contributed by atoms with Gasteiger partial charge < -0.3 is 19.9 Å². The second-order valence-electron chi connectivity index (χ2n) is 3.95. The van der Waals surface area contributed by atoms with Gasteiger partial charge in [-0.15, -0.1) is 0 Å². The van der Waals surface area contributed by atoms with Gasteiger partial charge in [-0.05, 0) is 13.0 Å². The van der Waals surface area contributed by atoms with Gasteiger partial charge in [0.15, 0.2) is 0 Å². The van der Waals surface area contributed by atoms with Gasteiger partial charge in [0.1, 0.15) is 17.2 Å². The Bertz CT molecular complexity index is 373. The highest BCUT2D eigenvalue weighted by Gasteiger charge is 2.24. The van der Waals surface area contributed by atoms with Crippen LogP contribution in [-0.4, -0.2) is 32.4 Å². The monoisotopic (exact) mass is 223 g/mol. The molecule has 88 valence electrons. The molecule has 1 fully saturated rings. The molecular weight excluding hydrogens is 206 g/mol. The van der Waals surface area contributed by atoms with Gasteiger partial charge in [0.05, 0.1) is 14.2 Å². The summed E-state index contributed by atoms with van der Waals surface area (Å²) in [6, 6.07) is 3.45. The predicted octanol–water partition coefficient (Wildman–Crippen LogP) is 1.49. The van der Waals surface area contributed by atoms with Gasteiger partial charge in [0, 0.05) is 30.2 Å². The summed E-state index contributed by atoms with van der Waals surface area (Å²) in [5.74, 6) is 1.89. The van der Waals surface area contributed by atoms with E-state index in [1.165, 1.54) is 0 Å². The average molecular weight is 223 g/mol. The summed E-state index contributed by atoms with van der Waals surface area (Å²) in [5.41, 5.74) is 0.883. The van der Waals surface area contributed by atoms with E-state index in [-0.39, 0.29) is 5.75 Å². The first kappa shape index (κ1) is 11.1.